The van der Waals surface area contributed by atoms with Gasteiger partial charge in [-0.2, -0.15) is 8.78 Å². The second kappa shape index (κ2) is 14.1. The summed E-state index contributed by atoms with van der Waals surface area (Å²) in [5.41, 5.74) is 2.31. The summed E-state index contributed by atoms with van der Waals surface area (Å²) in [6.45, 7) is -1.14. The normalized spacial score (nSPS) is 17.9. The Hall–Kier alpha value is -2.59. The standard InChI is InChI=1S/C30H30Cl2F2N2O4S/c31-23-16-35-17-24(32)22(23)15-26(21-8-9-25(40-30(33)34)27(14-21)38-18-20-6-7-20)39-29(37)28-36(12-13-41-28)11-10-19-4-2-1-3-5-19/h1-5,8-9,14,16-17,20,26,28,30H,6-7,10-13,15,18H2/t26-,28-/m0/s1. The molecule has 0 radical (unpaired) electrons. The van der Waals surface area contributed by atoms with E-state index in [2.05, 4.69) is 22.0 Å². The van der Waals surface area contributed by atoms with Gasteiger partial charge in [-0.25, -0.2) is 4.79 Å². The van der Waals surface area contributed by atoms with Gasteiger partial charge in [0.05, 0.1) is 16.7 Å². The molecule has 2 fully saturated rings. The number of aromatic nitrogens is 1. The Kier molecular flexibility index (Phi) is 10.2. The van der Waals surface area contributed by atoms with Crippen molar-refractivity contribution in [1.82, 2.24) is 9.88 Å². The van der Waals surface area contributed by atoms with E-state index in [0.29, 0.717) is 40.2 Å². The van der Waals surface area contributed by atoms with E-state index in [1.165, 1.54) is 35.8 Å². The number of nitrogens with zero attached hydrogens (tertiary/aromatic N) is 2. The number of carbonyl (C=O) groups is 1. The minimum atomic E-state index is -3.01. The van der Waals surface area contributed by atoms with Gasteiger partial charge < -0.3 is 14.2 Å². The summed E-state index contributed by atoms with van der Waals surface area (Å²) in [4.78, 5) is 19.7. The molecule has 0 spiro atoms. The fraction of sp³-hybridized carbons (Fsp3) is 0.400. The lowest BCUT2D eigenvalue weighted by Gasteiger charge is -2.26. The van der Waals surface area contributed by atoms with Gasteiger partial charge >= 0.3 is 12.6 Å². The second-order valence-corrected chi connectivity index (χ2v) is 12.0. The molecule has 2 atom stereocenters. The first-order valence-electron chi connectivity index (χ1n) is 13.5. The van der Waals surface area contributed by atoms with Crippen molar-refractivity contribution < 1.29 is 27.8 Å². The fourth-order valence-electron chi connectivity index (χ4n) is 4.64. The molecule has 0 N–H and O–H groups in total. The quantitative estimate of drug-likeness (QED) is 0.186. The Bertz CT molecular complexity index is 1310. The molecule has 1 saturated heterocycles. The van der Waals surface area contributed by atoms with E-state index in [0.717, 1.165) is 31.6 Å². The zero-order chi connectivity index (χ0) is 28.8. The van der Waals surface area contributed by atoms with Crippen LogP contribution in [-0.2, 0) is 22.4 Å². The lowest BCUT2D eigenvalue weighted by atomic mass is 10.0. The third kappa shape index (κ3) is 8.25. The van der Waals surface area contributed by atoms with Crippen LogP contribution in [0.25, 0.3) is 0 Å². The molecule has 41 heavy (non-hydrogen) atoms. The number of ether oxygens (including phenoxy) is 3. The van der Waals surface area contributed by atoms with Crippen LogP contribution >= 0.6 is 35.0 Å². The van der Waals surface area contributed by atoms with Gasteiger partial charge in [0, 0.05) is 37.7 Å². The molecule has 0 amide bonds. The summed E-state index contributed by atoms with van der Waals surface area (Å²) in [5.74, 6) is 0.901. The maximum atomic E-state index is 13.6. The number of hydrogen-bond acceptors (Lipinski definition) is 7. The molecule has 218 valence electrons. The van der Waals surface area contributed by atoms with Crippen molar-refractivity contribution in [2.75, 3.05) is 25.4 Å². The van der Waals surface area contributed by atoms with Crippen molar-refractivity contribution in [3.63, 3.8) is 0 Å². The number of esters is 1. The van der Waals surface area contributed by atoms with Crippen molar-refractivity contribution in [3.05, 3.63) is 87.7 Å². The van der Waals surface area contributed by atoms with Crippen LogP contribution in [0.5, 0.6) is 11.5 Å². The maximum absolute atomic E-state index is 13.6. The summed E-state index contributed by atoms with van der Waals surface area (Å²) in [7, 11) is 0. The van der Waals surface area contributed by atoms with Crippen molar-refractivity contribution >= 4 is 40.9 Å². The smallest absolute Gasteiger partial charge is 0.387 e. The lowest BCUT2D eigenvalue weighted by Crippen LogP contribution is -2.38. The highest BCUT2D eigenvalue weighted by atomic mass is 35.5. The second-order valence-electron chi connectivity index (χ2n) is 10.0. The largest absolute Gasteiger partial charge is 0.489 e. The van der Waals surface area contributed by atoms with Crippen molar-refractivity contribution in [3.8, 4) is 11.5 Å². The van der Waals surface area contributed by atoms with Gasteiger partial charge in [0.2, 0.25) is 0 Å². The highest BCUT2D eigenvalue weighted by Crippen LogP contribution is 2.38. The number of benzene rings is 2. The third-order valence-electron chi connectivity index (χ3n) is 7.05. The average Bonchev–Trinajstić information content (AvgIpc) is 3.67. The van der Waals surface area contributed by atoms with E-state index < -0.39 is 18.1 Å². The number of hydrogen-bond donors (Lipinski definition) is 0. The van der Waals surface area contributed by atoms with Gasteiger partial charge in [-0.05, 0) is 54.0 Å². The van der Waals surface area contributed by atoms with Crippen LogP contribution in [-0.4, -0.2) is 53.3 Å². The maximum Gasteiger partial charge on any atom is 0.387 e. The number of thioether (sulfide) groups is 1. The SMILES string of the molecule is O=C(O[C@@H](Cc1c(Cl)cncc1Cl)c1ccc(OC(F)F)c(OCC2CC2)c1)[C@@H]1SCCN1CCc1ccccc1. The highest BCUT2D eigenvalue weighted by molar-refractivity contribution is 8.00. The molecule has 2 heterocycles. The Morgan fingerprint density at radius 1 is 1.07 bits per heavy atom. The molecule has 1 saturated carbocycles. The van der Waals surface area contributed by atoms with E-state index in [1.807, 2.05) is 18.2 Å². The van der Waals surface area contributed by atoms with E-state index >= 15 is 0 Å². The van der Waals surface area contributed by atoms with Crippen LogP contribution < -0.4 is 9.47 Å². The molecule has 0 unspecified atom stereocenters. The molecule has 1 aliphatic heterocycles. The summed E-state index contributed by atoms with van der Waals surface area (Å²) >= 11 is 14.4. The first-order valence-corrected chi connectivity index (χ1v) is 15.3. The molecule has 1 aromatic heterocycles. The molecule has 11 heteroatoms. The van der Waals surface area contributed by atoms with Gasteiger partial charge in [0.15, 0.2) is 16.9 Å². The van der Waals surface area contributed by atoms with Gasteiger partial charge in [-0.15, -0.1) is 11.8 Å². The third-order valence-corrected chi connectivity index (χ3v) is 8.92. The summed E-state index contributed by atoms with van der Waals surface area (Å²) in [6, 6.07) is 14.7. The van der Waals surface area contributed by atoms with Crippen LogP contribution in [0.2, 0.25) is 10.0 Å². The van der Waals surface area contributed by atoms with Crippen molar-refractivity contribution in [2.24, 2.45) is 5.92 Å². The number of pyridine rings is 1. The Morgan fingerprint density at radius 2 is 1.83 bits per heavy atom. The van der Waals surface area contributed by atoms with E-state index in [-0.39, 0.29) is 23.9 Å². The Balaban J connectivity index is 1.38. The van der Waals surface area contributed by atoms with Crippen LogP contribution in [0, 0.1) is 5.92 Å². The van der Waals surface area contributed by atoms with E-state index in [1.54, 1.807) is 12.1 Å². The predicted octanol–water partition coefficient (Wildman–Crippen LogP) is 7.22. The molecule has 2 aliphatic rings. The molecule has 1 aliphatic carbocycles. The van der Waals surface area contributed by atoms with Gasteiger partial charge in [0.25, 0.3) is 0 Å². The van der Waals surface area contributed by atoms with Gasteiger partial charge in [-0.3, -0.25) is 9.88 Å². The monoisotopic (exact) mass is 622 g/mol. The van der Waals surface area contributed by atoms with E-state index in [9.17, 15) is 13.6 Å². The van der Waals surface area contributed by atoms with Gasteiger partial charge in [-0.1, -0.05) is 59.6 Å². The predicted molar refractivity (Wildman–Crippen MR) is 156 cm³/mol. The zero-order valence-corrected chi connectivity index (χ0v) is 24.5. The lowest BCUT2D eigenvalue weighted by molar-refractivity contribution is -0.152. The number of halogens is 4. The highest BCUT2D eigenvalue weighted by Gasteiger charge is 2.35. The number of carbonyl (C=O) groups excluding carboxylic acids is 1. The van der Waals surface area contributed by atoms with Crippen LogP contribution in [0.4, 0.5) is 8.78 Å². The first kappa shape index (κ1) is 29.9. The van der Waals surface area contributed by atoms with Gasteiger partial charge in [0.1, 0.15) is 6.10 Å². The molecule has 5 rings (SSSR count). The van der Waals surface area contributed by atoms with E-state index in [4.69, 9.17) is 37.4 Å². The van der Waals surface area contributed by atoms with Crippen LogP contribution in [0.15, 0.2) is 60.9 Å². The molecule has 6 nitrogen and oxygen atoms in total. The average molecular weight is 624 g/mol. The summed E-state index contributed by atoms with van der Waals surface area (Å²) in [6.07, 6.45) is 5.16. The Morgan fingerprint density at radius 3 is 2.54 bits per heavy atom. The summed E-state index contributed by atoms with van der Waals surface area (Å²) < 4.78 is 42.9. The van der Waals surface area contributed by atoms with Crippen LogP contribution in [0.3, 0.4) is 0 Å². The molecule has 3 aromatic rings. The number of alkyl halides is 2. The summed E-state index contributed by atoms with van der Waals surface area (Å²) in [5, 5.41) is 0.193. The minimum Gasteiger partial charge on any atom is -0.489 e. The molecular weight excluding hydrogens is 593 g/mol. The zero-order valence-electron chi connectivity index (χ0n) is 22.2. The fourth-order valence-corrected chi connectivity index (χ4v) is 6.33. The van der Waals surface area contributed by atoms with Crippen molar-refractivity contribution in [1.29, 1.82) is 0 Å². The number of rotatable bonds is 13. The first-order chi connectivity index (χ1) is 19.9. The topological polar surface area (TPSA) is 60.9 Å². The van der Waals surface area contributed by atoms with Crippen molar-refractivity contribution in [2.45, 2.75) is 43.8 Å². The Labute approximate surface area is 252 Å². The minimum absolute atomic E-state index is 0.0760. The molecule has 2 aromatic carbocycles. The molecular formula is C30H30Cl2F2N2O4S. The van der Waals surface area contributed by atoms with Crippen LogP contribution in [0.1, 0.15) is 35.6 Å². The molecule has 0 bridgehead atoms.